The quantitative estimate of drug-likeness (QED) is 0.506. The van der Waals surface area contributed by atoms with Crippen LogP contribution in [0.2, 0.25) is 0 Å². The predicted octanol–water partition coefficient (Wildman–Crippen LogP) is 0.707. The molecule has 0 spiro atoms. The summed E-state index contributed by atoms with van der Waals surface area (Å²) in [6.07, 6.45) is 0.162. The highest BCUT2D eigenvalue weighted by atomic mass is 35.5. The first-order valence-electron chi connectivity index (χ1n) is 1.63. The van der Waals surface area contributed by atoms with E-state index in [2.05, 4.69) is 10.7 Å². The average Bonchev–Trinajstić information content (AvgIpc) is 1.38. The molecule has 0 aliphatic heterocycles. The van der Waals surface area contributed by atoms with Crippen molar-refractivity contribution in [3.05, 3.63) is 0 Å². The van der Waals surface area contributed by atoms with E-state index in [0.29, 0.717) is 0 Å². The minimum Gasteiger partial charge on any atom is -0.302 e. The van der Waals surface area contributed by atoms with Gasteiger partial charge in [-0.1, -0.05) is 0 Å². The highest BCUT2D eigenvalue weighted by Crippen LogP contribution is 1.74. The van der Waals surface area contributed by atoms with Crippen molar-refractivity contribution >= 4 is 12.4 Å². The third-order valence-electron chi connectivity index (χ3n) is 0.272. The molecule has 3 heteroatoms. The molecule has 6 heavy (non-hydrogen) atoms. The molecule has 2 nitrogen and oxygen atoms in total. The molecule has 0 fully saturated rings. The van der Waals surface area contributed by atoms with Crippen LogP contribution in [0.1, 0.15) is 13.8 Å². The van der Waals surface area contributed by atoms with Crippen molar-refractivity contribution in [2.24, 2.45) is 5.90 Å². The SMILES string of the molecule is CC(C)ON.Cl. The van der Waals surface area contributed by atoms with Crippen molar-refractivity contribution in [2.45, 2.75) is 20.0 Å². The number of halogens is 1. The normalized spacial score (nSPS) is 8.00. The predicted molar refractivity (Wildman–Crippen MR) is 27.7 cm³/mol. The van der Waals surface area contributed by atoms with Crippen molar-refractivity contribution in [1.29, 1.82) is 0 Å². The minimum atomic E-state index is 0. The van der Waals surface area contributed by atoms with E-state index >= 15 is 0 Å². The molecule has 0 aliphatic rings. The van der Waals surface area contributed by atoms with Crippen LogP contribution < -0.4 is 5.90 Å². The molecule has 0 saturated carbocycles. The van der Waals surface area contributed by atoms with Gasteiger partial charge < -0.3 is 4.84 Å². The standard InChI is InChI=1S/C3H9NO.ClH/c1-3(2)5-4;/h3H,4H2,1-2H3;1H. The minimum absolute atomic E-state index is 0. The van der Waals surface area contributed by atoms with Crippen LogP contribution >= 0.6 is 12.4 Å². The first-order valence-corrected chi connectivity index (χ1v) is 1.63. The van der Waals surface area contributed by atoms with Gasteiger partial charge in [0.2, 0.25) is 0 Å². The van der Waals surface area contributed by atoms with Gasteiger partial charge in [0.05, 0.1) is 6.10 Å². The Morgan fingerprint density at radius 2 is 1.67 bits per heavy atom. The van der Waals surface area contributed by atoms with Gasteiger partial charge >= 0.3 is 0 Å². The van der Waals surface area contributed by atoms with E-state index in [1.54, 1.807) is 0 Å². The molecule has 0 atom stereocenters. The average molecular weight is 112 g/mol. The van der Waals surface area contributed by atoms with Gasteiger partial charge in [-0.15, -0.1) is 12.4 Å². The Morgan fingerprint density at radius 3 is 1.67 bits per heavy atom. The lowest BCUT2D eigenvalue weighted by Gasteiger charge is -1.93. The van der Waals surface area contributed by atoms with E-state index in [9.17, 15) is 0 Å². The lowest BCUT2D eigenvalue weighted by Crippen LogP contribution is -2.07. The molecule has 40 valence electrons. The fourth-order valence-corrected chi connectivity index (χ4v) is 0. The van der Waals surface area contributed by atoms with Gasteiger partial charge in [0, 0.05) is 0 Å². The van der Waals surface area contributed by atoms with E-state index in [1.165, 1.54) is 0 Å². The zero-order valence-corrected chi connectivity index (χ0v) is 4.79. The van der Waals surface area contributed by atoms with E-state index in [-0.39, 0.29) is 18.5 Å². The Labute approximate surface area is 44.0 Å². The Kier molecular flexibility index (Phi) is 8.26. The molecule has 0 bridgehead atoms. The van der Waals surface area contributed by atoms with Crippen molar-refractivity contribution in [3.63, 3.8) is 0 Å². The zero-order valence-electron chi connectivity index (χ0n) is 3.97. The van der Waals surface area contributed by atoms with Crippen LogP contribution in [-0.2, 0) is 4.84 Å². The van der Waals surface area contributed by atoms with Crippen LogP contribution in [0.5, 0.6) is 0 Å². The Hall–Kier alpha value is 0.210. The molecule has 0 unspecified atom stereocenters. The van der Waals surface area contributed by atoms with Gasteiger partial charge in [-0.25, -0.2) is 5.90 Å². The molecule has 0 aromatic heterocycles. The molecule has 0 saturated heterocycles. The van der Waals surface area contributed by atoms with Crippen LogP contribution in [0, 0.1) is 0 Å². The third-order valence-corrected chi connectivity index (χ3v) is 0.272. The summed E-state index contributed by atoms with van der Waals surface area (Å²) in [7, 11) is 0. The molecular weight excluding hydrogens is 101 g/mol. The summed E-state index contributed by atoms with van der Waals surface area (Å²) < 4.78 is 0. The van der Waals surface area contributed by atoms with Gasteiger partial charge in [0.1, 0.15) is 0 Å². The monoisotopic (exact) mass is 111 g/mol. The molecule has 0 rings (SSSR count). The molecule has 0 aromatic rings. The molecule has 0 radical (unpaired) electrons. The van der Waals surface area contributed by atoms with Crippen molar-refractivity contribution in [3.8, 4) is 0 Å². The summed E-state index contributed by atoms with van der Waals surface area (Å²) in [6.45, 7) is 3.75. The molecule has 0 aromatic carbocycles. The second-order valence-corrected chi connectivity index (χ2v) is 1.18. The molecular formula is C3H10ClNO. The highest BCUT2D eigenvalue weighted by molar-refractivity contribution is 5.85. The van der Waals surface area contributed by atoms with E-state index in [1.807, 2.05) is 13.8 Å². The summed E-state index contributed by atoms with van der Waals surface area (Å²) in [4.78, 5) is 4.25. The topological polar surface area (TPSA) is 35.2 Å². The van der Waals surface area contributed by atoms with Gasteiger partial charge in [-0.2, -0.15) is 0 Å². The third kappa shape index (κ3) is 8.88. The molecule has 2 N–H and O–H groups in total. The number of nitrogens with two attached hydrogens (primary N) is 1. The fourth-order valence-electron chi connectivity index (χ4n) is 0. The van der Waals surface area contributed by atoms with Crippen LogP contribution in [0.4, 0.5) is 0 Å². The van der Waals surface area contributed by atoms with Crippen molar-refractivity contribution in [1.82, 2.24) is 0 Å². The number of hydrogen-bond donors (Lipinski definition) is 1. The Balaban J connectivity index is 0. The van der Waals surface area contributed by atoms with Crippen LogP contribution in [0.15, 0.2) is 0 Å². The molecule has 0 heterocycles. The zero-order chi connectivity index (χ0) is 4.28. The summed E-state index contributed by atoms with van der Waals surface area (Å²) in [6, 6.07) is 0. The van der Waals surface area contributed by atoms with Crippen LogP contribution in [0.3, 0.4) is 0 Å². The van der Waals surface area contributed by atoms with Crippen molar-refractivity contribution in [2.75, 3.05) is 0 Å². The Morgan fingerprint density at radius 1 is 1.50 bits per heavy atom. The maximum absolute atomic E-state index is 4.67. The highest BCUT2D eigenvalue weighted by Gasteiger charge is 1.79. The van der Waals surface area contributed by atoms with Gasteiger partial charge in [0.15, 0.2) is 0 Å². The summed E-state index contributed by atoms with van der Waals surface area (Å²) in [5.74, 6) is 4.67. The maximum Gasteiger partial charge on any atom is 0.0731 e. The number of rotatable bonds is 1. The summed E-state index contributed by atoms with van der Waals surface area (Å²) >= 11 is 0. The smallest absolute Gasteiger partial charge is 0.0731 e. The Bertz CT molecular complexity index is 24.8. The van der Waals surface area contributed by atoms with E-state index in [4.69, 9.17) is 0 Å². The molecule has 0 amide bonds. The van der Waals surface area contributed by atoms with E-state index < -0.39 is 0 Å². The van der Waals surface area contributed by atoms with Gasteiger partial charge in [-0.05, 0) is 13.8 Å². The maximum atomic E-state index is 4.67. The summed E-state index contributed by atoms with van der Waals surface area (Å²) in [5.41, 5.74) is 0. The second-order valence-electron chi connectivity index (χ2n) is 1.18. The lowest BCUT2D eigenvalue weighted by atomic mass is 10.5. The van der Waals surface area contributed by atoms with Gasteiger partial charge in [-0.3, -0.25) is 0 Å². The largest absolute Gasteiger partial charge is 0.302 e. The lowest BCUT2D eigenvalue weighted by molar-refractivity contribution is 0.0800. The number of hydrogen-bond acceptors (Lipinski definition) is 2. The fraction of sp³-hybridized carbons (Fsp3) is 1.00. The first kappa shape index (κ1) is 9.51. The van der Waals surface area contributed by atoms with Gasteiger partial charge in [0.25, 0.3) is 0 Å². The van der Waals surface area contributed by atoms with E-state index in [0.717, 1.165) is 0 Å². The summed E-state index contributed by atoms with van der Waals surface area (Å²) in [5, 5.41) is 0. The molecule has 0 aliphatic carbocycles. The first-order chi connectivity index (χ1) is 2.27. The van der Waals surface area contributed by atoms with Crippen LogP contribution in [-0.4, -0.2) is 6.10 Å². The second kappa shape index (κ2) is 5.21. The van der Waals surface area contributed by atoms with Crippen LogP contribution in [0.25, 0.3) is 0 Å². The van der Waals surface area contributed by atoms with Crippen molar-refractivity contribution < 1.29 is 4.84 Å².